The molecule has 0 saturated heterocycles. The summed E-state index contributed by atoms with van der Waals surface area (Å²) in [5.74, 6) is 0. The van der Waals surface area contributed by atoms with Crippen LogP contribution in [0.3, 0.4) is 0 Å². The summed E-state index contributed by atoms with van der Waals surface area (Å²) < 4.78 is 5.02. The SMILES string of the molecule is O=C(NCC(O)C(O)c1cccc(CO)c1)OCc1ccccc1. The second-order valence-corrected chi connectivity index (χ2v) is 5.36. The first-order valence-corrected chi connectivity index (χ1v) is 7.60. The number of nitrogens with one attached hydrogen (secondary N) is 1. The molecule has 4 N–H and O–H groups in total. The third kappa shape index (κ3) is 5.34. The predicted molar refractivity (Wildman–Crippen MR) is 88.0 cm³/mol. The summed E-state index contributed by atoms with van der Waals surface area (Å²) in [6, 6.07) is 15.9. The molecular weight excluding hydrogens is 310 g/mol. The molecule has 2 aromatic carbocycles. The number of benzene rings is 2. The van der Waals surface area contributed by atoms with E-state index in [0.29, 0.717) is 11.1 Å². The molecule has 0 aliphatic rings. The maximum atomic E-state index is 11.6. The minimum absolute atomic E-state index is 0.129. The molecule has 128 valence electrons. The topological polar surface area (TPSA) is 99.0 Å². The van der Waals surface area contributed by atoms with Crippen LogP contribution in [0.2, 0.25) is 0 Å². The largest absolute Gasteiger partial charge is 0.445 e. The molecule has 2 rings (SSSR count). The van der Waals surface area contributed by atoms with Crippen LogP contribution in [0.25, 0.3) is 0 Å². The maximum Gasteiger partial charge on any atom is 0.407 e. The van der Waals surface area contributed by atoms with Crippen LogP contribution in [0, 0.1) is 0 Å². The minimum Gasteiger partial charge on any atom is -0.445 e. The molecule has 2 atom stereocenters. The highest BCUT2D eigenvalue weighted by molar-refractivity contribution is 5.67. The summed E-state index contributed by atoms with van der Waals surface area (Å²) in [6.07, 6.45) is -3.04. The fraction of sp³-hybridized carbons (Fsp3) is 0.278. The number of aliphatic hydroxyl groups is 3. The maximum absolute atomic E-state index is 11.6. The van der Waals surface area contributed by atoms with Crippen molar-refractivity contribution in [3.05, 3.63) is 71.3 Å². The van der Waals surface area contributed by atoms with Gasteiger partial charge in [-0.3, -0.25) is 0 Å². The summed E-state index contributed by atoms with van der Waals surface area (Å²) in [6.45, 7) is -0.178. The molecule has 1 amide bonds. The van der Waals surface area contributed by atoms with Gasteiger partial charge >= 0.3 is 6.09 Å². The zero-order valence-corrected chi connectivity index (χ0v) is 13.1. The summed E-state index contributed by atoms with van der Waals surface area (Å²) in [7, 11) is 0. The molecule has 0 bridgehead atoms. The second-order valence-electron chi connectivity index (χ2n) is 5.36. The first-order chi connectivity index (χ1) is 11.6. The fourth-order valence-corrected chi connectivity index (χ4v) is 2.17. The number of carbonyl (C=O) groups is 1. The summed E-state index contributed by atoms with van der Waals surface area (Å²) in [4.78, 5) is 11.6. The van der Waals surface area contributed by atoms with E-state index in [9.17, 15) is 15.0 Å². The standard InChI is InChI=1S/C18H21NO5/c20-11-14-7-4-8-15(9-14)17(22)16(21)10-19-18(23)24-12-13-5-2-1-3-6-13/h1-9,16-17,20-22H,10-12H2,(H,19,23). The fourth-order valence-electron chi connectivity index (χ4n) is 2.17. The Morgan fingerprint density at radius 3 is 2.46 bits per heavy atom. The van der Waals surface area contributed by atoms with Crippen LogP contribution in [-0.2, 0) is 18.0 Å². The van der Waals surface area contributed by atoms with Crippen LogP contribution in [0.1, 0.15) is 22.8 Å². The number of aliphatic hydroxyl groups excluding tert-OH is 3. The Hall–Kier alpha value is -2.41. The Balaban J connectivity index is 1.79. The van der Waals surface area contributed by atoms with Crippen molar-refractivity contribution in [2.45, 2.75) is 25.4 Å². The van der Waals surface area contributed by atoms with Gasteiger partial charge in [0.2, 0.25) is 0 Å². The van der Waals surface area contributed by atoms with E-state index >= 15 is 0 Å². The number of amides is 1. The van der Waals surface area contributed by atoms with Gasteiger partial charge in [0, 0.05) is 6.54 Å². The lowest BCUT2D eigenvalue weighted by Crippen LogP contribution is -2.35. The van der Waals surface area contributed by atoms with Crippen LogP contribution in [0.5, 0.6) is 0 Å². The number of rotatable bonds is 7. The van der Waals surface area contributed by atoms with Crippen LogP contribution in [0.4, 0.5) is 4.79 Å². The third-order valence-corrected chi connectivity index (χ3v) is 3.51. The van der Waals surface area contributed by atoms with Gasteiger partial charge in [0.05, 0.1) is 6.61 Å². The zero-order valence-electron chi connectivity index (χ0n) is 13.1. The molecule has 0 fully saturated rings. The van der Waals surface area contributed by atoms with E-state index in [0.717, 1.165) is 5.56 Å². The van der Waals surface area contributed by atoms with Crippen LogP contribution < -0.4 is 5.32 Å². The lowest BCUT2D eigenvalue weighted by molar-refractivity contribution is 0.0183. The Bertz CT molecular complexity index is 647. The van der Waals surface area contributed by atoms with Crippen molar-refractivity contribution in [3.8, 4) is 0 Å². The molecule has 0 radical (unpaired) electrons. The van der Waals surface area contributed by atoms with Gasteiger partial charge in [0.15, 0.2) is 0 Å². The van der Waals surface area contributed by atoms with Gasteiger partial charge in [-0.1, -0.05) is 54.6 Å². The monoisotopic (exact) mass is 331 g/mol. The second kappa shape index (κ2) is 9.02. The quantitative estimate of drug-likeness (QED) is 0.616. The van der Waals surface area contributed by atoms with E-state index in [1.807, 2.05) is 30.3 Å². The molecule has 0 aliphatic carbocycles. The van der Waals surface area contributed by atoms with Gasteiger partial charge in [-0.25, -0.2) is 4.79 Å². The van der Waals surface area contributed by atoms with Gasteiger partial charge < -0.3 is 25.4 Å². The van der Waals surface area contributed by atoms with Gasteiger partial charge in [-0.05, 0) is 16.7 Å². The molecule has 2 aromatic rings. The van der Waals surface area contributed by atoms with Crippen molar-refractivity contribution in [3.63, 3.8) is 0 Å². The molecule has 0 saturated carbocycles. The molecule has 2 unspecified atom stereocenters. The molecule has 0 spiro atoms. The smallest absolute Gasteiger partial charge is 0.407 e. The Morgan fingerprint density at radius 1 is 1.04 bits per heavy atom. The van der Waals surface area contributed by atoms with Gasteiger partial charge in [-0.15, -0.1) is 0 Å². The van der Waals surface area contributed by atoms with Crippen molar-refractivity contribution < 1.29 is 24.9 Å². The Labute approximate surface area is 140 Å². The van der Waals surface area contributed by atoms with E-state index in [1.54, 1.807) is 24.3 Å². The van der Waals surface area contributed by atoms with Crippen molar-refractivity contribution >= 4 is 6.09 Å². The Morgan fingerprint density at radius 2 is 1.75 bits per heavy atom. The molecule has 0 aromatic heterocycles. The lowest BCUT2D eigenvalue weighted by atomic mass is 10.0. The third-order valence-electron chi connectivity index (χ3n) is 3.51. The highest BCUT2D eigenvalue weighted by atomic mass is 16.5. The van der Waals surface area contributed by atoms with Crippen molar-refractivity contribution in [1.82, 2.24) is 5.32 Å². The zero-order chi connectivity index (χ0) is 17.4. The summed E-state index contributed by atoms with van der Waals surface area (Å²) in [5, 5.41) is 31.6. The van der Waals surface area contributed by atoms with E-state index < -0.39 is 18.3 Å². The minimum atomic E-state index is -1.19. The normalized spacial score (nSPS) is 13.1. The molecular formula is C18H21NO5. The van der Waals surface area contributed by atoms with Crippen molar-refractivity contribution in [1.29, 1.82) is 0 Å². The van der Waals surface area contributed by atoms with Gasteiger partial charge in [0.1, 0.15) is 18.8 Å². The van der Waals surface area contributed by atoms with Crippen molar-refractivity contribution in [2.24, 2.45) is 0 Å². The number of alkyl carbamates (subject to hydrolysis) is 1. The highest BCUT2D eigenvalue weighted by Gasteiger charge is 2.19. The molecule has 0 aliphatic heterocycles. The van der Waals surface area contributed by atoms with Gasteiger partial charge in [-0.2, -0.15) is 0 Å². The number of carbonyl (C=O) groups excluding carboxylic acids is 1. The lowest BCUT2D eigenvalue weighted by Gasteiger charge is -2.19. The van der Waals surface area contributed by atoms with E-state index in [2.05, 4.69) is 5.32 Å². The first kappa shape index (κ1) is 17.9. The average Bonchev–Trinajstić information content (AvgIpc) is 2.64. The van der Waals surface area contributed by atoms with E-state index in [1.165, 1.54) is 0 Å². The molecule has 6 heteroatoms. The van der Waals surface area contributed by atoms with E-state index in [-0.39, 0.29) is 19.8 Å². The van der Waals surface area contributed by atoms with Crippen LogP contribution in [0.15, 0.2) is 54.6 Å². The van der Waals surface area contributed by atoms with Crippen LogP contribution >= 0.6 is 0 Å². The van der Waals surface area contributed by atoms with E-state index in [4.69, 9.17) is 9.84 Å². The highest BCUT2D eigenvalue weighted by Crippen LogP contribution is 2.18. The molecule has 6 nitrogen and oxygen atoms in total. The van der Waals surface area contributed by atoms with Crippen molar-refractivity contribution in [2.75, 3.05) is 6.54 Å². The predicted octanol–water partition coefficient (Wildman–Crippen LogP) is 1.50. The number of ether oxygens (including phenoxy) is 1. The Kier molecular flexibility index (Phi) is 6.74. The molecule has 0 heterocycles. The summed E-state index contributed by atoms with van der Waals surface area (Å²) >= 11 is 0. The average molecular weight is 331 g/mol. The number of hydrogen-bond donors (Lipinski definition) is 4. The summed E-state index contributed by atoms with van der Waals surface area (Å²) in [5.41, 5.74) is 1.96. The van der Waals surface area contributed by atoms with Crippen LogP contribution in [-0.4, -0.2) is 34.1 Å². The number of hydrogen-bond acceptors (Lipinski definition) is 5. The molecule has 24 heavy (non-hydrogen) atoms. The first-order valence-electron chi connectivity index (χ1n) is 7.60. The van der Waals surface area contributed by atoms with Gasteiger partial charge in [0.25, 0.3) is 0 Å².